The minimum atomic E-state index is -3.91. The van der Waals surface area contributed by atoms with Gasteiger partial charge in [0.15, 0.2) is 0 Å². The molecule has 0 bridgehead atoms. The van der Waals surface area contributed by atoms with Crippen LogP contribution in [0.15, 0.2) is 53.4 Å². The van der Waals surface area contributed by atoms with Crippen molar-refractivity contribution < 1.29 is 17.6 Å². The molecule has 1 amide bonds. The van der Waals surface area contributed by atoms with E-state index in [4.69, 9.17) is 0 Å². The third-order valence-electron chi connectivity index (χ3n) is 4.57. The van der Waals surface area contributed by atoms with Gasteiger partial charge in [0.25, 0.3) is 0 Å². The standard InChI is InChI=1S/C20H23FN4O3S/c1-13(2)19(20-22-16-6-4-5-7-17(16)23-20)24-18(26)12-25(3)29(27,28)15-10-8-14(21)9-11-15/h4-11,13,19H,12H2,1-3H3,(H,22,23)(H,24,26)/t19-/m0/s1. The Bertz CT molecular complexity index is 1080. The number of hydrogen-bond donors (Lipinski definition) is 2. The predicted octanol–water partition coefficient (Wildman–Crippen LogP) is 2.84. The number of nitrogens with zero attached hydrogens (tertiary/aromatic N) is 2. The molecular formula is C20H23FN4O3S. The summed E-state index contributed by atoms with van der Waals surface area (Å²) in [6, 6.07) is 11.6. The van der Waals surface area contributed by atoms with E-state index in [9.17, 15) is 17.6 Å². The summed E-state index contributed by atoms with van der Waals surface area (Å²) in [5, 5.41) is 2.86. The van der Waals surface area contributed by atoms with Crippen LogP contribution >= 0.6 is 0 Å². The molecule has 2 aromatic carbocycles. The smallest absolute Gasteiger partial charge is 0.243 e. The Balaban J connectivity index is 1.74. The van der Waals surface area contributed by atoms with Crippen LogP contribution in [-0.2, 0) is 14.8 Å². The molecule has 0 radical (unpaired) electrons. The predicted molar refractivity (Wildman–Crippen MR) is 108 cm³/mol. The van der Waals surface area contributed by atoms with Gasteiger partial charge in [0, 0.05) is 7.05 Å². The first-order chi connectivity index (χ1) is 13.7. The van der Waals surface area contributed by atoms with Crippen LogP contribution in [0.1, 0.15) is 25.7 Å². The zero-order valence-corrected chi connectivity index (χ0v) is 17.2. The minimum Gasteiger partial charge on any atom is -0.345 e. The average molecular weight is 418 g/mol. The molecule has 0 aliphatic heterocycles. The van der Waals surface area contributed by atoms with Crippen molar-refractivity contribution in [2.24, 2.45) is 5.92 Å². The summed E-state index contributed by atoms with van der Waals surface area (Å²) >= 11 is 0. The number of hydrogen-bond acceptors (Lipinski definition) is 4. The maximum atomic E-state index is 13.1. The number of H-pyrrole nitrogens is 1. The molecule has 0 saturated heterocycles. The molecule has 0 fully saturated rings. The van der Waals surface area contributed by atoms with Crippen molar-refractivity contribution in [2.45, 2.75) is 24.8 Å². The number of sulfonamides is 1. The molecule has 0 aliphatic rings. The lowest BCUT2D eigenvalue weighted by Gasteiger charge is -2.22. The quantitative estimate of drug-likeness (QED) is 0.617. The molecule has 0 spiro atoms. The number of carbonyl (C=O) groups excluding carboxylic acids is 1. The molecule has 7 nitrogen and oxygen atoms in total. The molecule has 154 valence electrons. The zero-order valence-electron chi connectivity index (χ0n) is 16.4. The largest absolute Gasteiger partial charge is 0.345 e. The molecule has 1 aromatic heterocycles. The molecule has 1 atom stereocenters. The fourth-order valence-corrected chi connectivity index (χ4v) is 4.09. The lowest BCUT2D eigenvalue weighted by Crippen LogP contribution is -2.41. The van der Waals surface area contributed by atoms with Gasteiger partial charge in [0.2, 0.25) is 15.9 Å². The summed E-state index contributed by atoms with van der Waals surface area (Å²) in [7, 11) is -2.60. The Morgan fingerprint density at radius 3 is 2.45 bits per heavy atom. The van der Waals surface area contributed by atoms with E-state index in [1.54, 1.807) is 0 Å². The van der Waals surface area contributed by atoms with E-state index < -0.39 is 27.8 Å². The van der Waals surface area contributed by atoms with Gasteiger partial charge in [0.1, 0.15) is 11.6 Å². The maximum absolute atomic E-state index is 13.1. The van der Waals surface area contributed by atoms with Gasteiger partial charge >= 0.3 is 0 Å². The highest BCUT2D eigenvalue weighted by molar-refractivity contribution is 7.89. The zero-order chi connectivity index (χ0) is 21.2. The van der Waals surface area contributed by atoms with Crippen molar-refractivity contribution in [1.82, 2.24) is 19.6 Å². The van der Waals surface area contributed by atoms with Gasteiger partial charge in [-0.25, -0.2) is 17.8 Å². The SMILES string of the molecule is CC(C)[C@H](NC(=O)CN(C)S(=O)(=O)c1ccc(F)cc1)c1nc2ccccc2[nH]1. The lowest BCUT2D eigenvalue weighted by molar-refractivity contribution is -0.122. The number of amides is 1. The van der Waals surface area contributed by atoms with Crippen molar-refractivity contribution >= 4 is 27.0 Å². The Labute approximate surface area is 169 Å². The van der Waals surface area contributed by atoms with Gasteiger partial charge in [0.05, 0.1) is 28.5 Å². The van der Waals surface area contributed by atoms with Crippen LogP contribution < -0.4 is 5.32 Å². The highest BCUT2D eigenvalue weighted by atomic mass is 32.2. The molecule has 0 aliphatic carbocycles. The van der Waals surface area contributed by atoms with E-state index in [0.717, 1.165) is 27.5 Å². The number of halogens is 1. The maximum Gasteiger partial charge on any atom is 0.243 e. The second-order valence-electron chi connectivity index (χ2n) is 7.14. The molecule has 3 rings (SSSR count). The number of fused-ring (bicyclic) bond motifs is 1. The van der Waals surface area contributed by atoms with Crippen LogP contribution in [0, 0.1) is 11.7 Å². The second kappa shape index (κ2) is 8.30. The van der Waals surface area contributed by atoms with Gasteiger partial charge in [-0.2, -0.15) is 4.31 Å². The van der Waals surface area contributed by atoms with Crippen LogP contribution in [-0.4, -0.2) is 42.2 Å². The molecule has 9 heteroatoms. The van der Waals surface area contributed by atoms with Crippen LogP contribution in [0.5, 0.6) is 0 Å². The first kappa shape index (κ1) is 20.9. The van der Waals surface area contributed by atoms with Gasteiger partial charge < -0.3 is 10.3 Å². The molecular weight excluding hydrogens is 395 g/mol. The fraction of sp³-hybridized carbons (Fsp3) is 0.300. The molecule has 1 heterocycles. The lowest BCUT2D eigenvalue weighted by atomic mass is 10.0. The van der Waals surface area contributed by atoms with Crippen LogP contribution in [0.25, 0.3) is 11.0 Å². The van der Waals surface area contributed by atoms with Crippen molar-refractivity contribution in [2.75, 3.05) is 13.6 Å². The van der Waals surface area contributed by atoms with Crippen molar-refractivity contribution in [3.63, 3.8) is 0 Å². The Kier molecular flexibility index (Phi) is 5.99. The van der Waals surface area contributed by atoms with Gasteiger partial charge in [-0.1, -0.05) is 26.0 Å². The van der Waals surface area contributed by atoms with Crippen LogP contribution in [0.3, 0.4) is 0 Å². The fourth-order valence-electron chi connectivity index (χ4n) is 2.96. The first-order valence-corrected chi connectivity index (χ1v) is 10.6. The third-order valence-corrected chi connectivity index (χ3v) is 6.39. The Morgan fingerprint density at radius 1 is 1.17 bits per heavy atom. The number of likely N-dealkylation sites (N-methyl/N-ethyl adjacent to an activating group) is 1. The number of carbonyl (C=O) groups is 1. The summed E-state index contributed by atoms with van der Waals surface area (Å²) in [5.41, 5.74) is 1.65. The number of rotatable bonds is 7. The number of nitrogens with one attached hydrogen (secondary N) is 2. The summed E-state index contributed by atoms with van der Waals surface area (Å²) in [6.07, 6.45) is 0. The number of aromatic amines is 1. The van der Waals surface area contributed by atoms with E-state index in [0.29, 0.717) is 5.82 Å². The van der Waals surface area contributed by atoms with Gasteiger partial charge in [-0.3, -0.25) is 4.79 Å². The van der Waals surface area contributed by atoms with Crippen molar-refractivity contribution in [3.05, 3.63) is 60.2 Å². The molecule has 0 unspecified atom stereocenters. The average Bonchev–Trinajstić information content (AvgIpc) is 3.09. The molecule has 2 N–H and O–H groups in total. The van der Waals surface area contributed by atoms with E-state index in [1.807, 2.05) is 38.1 Å². The molecule has 3 aromatic rings. The third kappa shape index (κ3) is 4.63. The number of aromatic nitrogens is 2. The highest BCUT2D eigenvalue weighted by Crippen LogP contribution is 2.22. The number of para-hydroxylation sites is 2. The Hall–Kier alpha value is -2.78. The van der Waals surface area contributed by atoms with Gasteiger partial charge in [-0.15, -0.1) is 0 Å². The van der Waals surface area contributed by atoms with E-state index in [1.165, 1.54) is 19.2 Å². The molecule has 29 heavy (non-hydrogen) atoms. The summed E-state index contributed by atoms with van der Waals surface area (Å²) < 4.78 is 39.2. The van der Waals surface area contributed by atoms with E-state index in [2.05, 4.69) is 15.3 Å². The summed E-state index contributed by atoms with van der Waals surface area (Å²) in [6.45, 7) is 3.51. The normalized spacial score (nSPS) is 13.2. The summed E-state index contributed by atoms with van der Waals surface area (Å²) in [5.74, 6) is -0.357. The number of benzene rings is 2. The van der Waals surface area contributed by atoms with E-state index >= 15 is 0 Å². The topological polar surface area (TPSA) is 95.2 Å². The van der Waals surface area contributed by atoms with Gasteiger partial charge in [-0.05, 0) is 42.3 Å². The minimum absolute atomic E-state index is 0.0264. The Morgan fingerprint density at radius 2 is 1.83 bits per heavy atom. The van der Waals surface area contributed by atoms with E-state index in [-0.39, 0.29) is 17.4 Å². The van der Waals surface area contributed by atoms with Crippen molar-refractivity contribution in [3.8, 4) is 0 Å². The first-order valence-electron chi connectivity index (χ1n) is 9.14. The summed E-state index contributed by atoms with van der Waals surface area (Å²) in [4.78, 5) is 20.2. The highest BCUT2D eigenvalue weighted by Gasteiger charge is 2.26. The van der Waals surface area contributed by atoms with Crippen LogP contribution in [0.2, 0.25) is 0 Å². The monoisotopic (exact) mass is 418 g/mol. The number of imidazole rings is 1. The second-order valence-corrected chi connectivity index (χ2v) is 9.19. The van der Waals surface area contributed by atoms with Crippen LogP contribution in [0.4, 0.5) is 4.39 Å². The van der Waals surface area contributed by atoms with Crippen molar-refractivity contribution in [1.29, 1.82) is 0 Å². The molecule has 0 saturated carbocycles.